The number of nitrogens with zero attached hydrogens (tertiary/aromatic N) is 2. The number of ether oxygens (including phenoxy) is 3. The number of hydrogen-bond acceptors (Lipinski definition) is 6. The van der Waals surface area contributed by atoms with E-state index in [1.165, 1.54) is 25.9 Å². The Morgan fingerprint density at radius 1 is 1.13 bits per heavy atom. The third-order valence-electron chi connectivity index (χ3n) is 6.46. The zero-order chi connectivity index (χ0) is 20.8. The Morgan fingerprint density at radius 3 is 2.67 bits per heavy atom. The van der Waals surface area contributed by atoms with Crippen molar-refractivity contribution in [3.63, 3.8) is 0 Å². The van der Waals surface area contributed by atoms with Gasteiger partial charge in [0.05, 0.1) is 25.9 Å². The van der Waals surface area contributed by atoms with Crippen LogP contribution in [0.2, 0.25) is 0 Å². The summed E-state index contributed by atoms with van der Waals surface area (Å²) in [5.74, 6) is 0.671. The minimum Gasteiger partial charge on any atom is -0.490 e. The molecule has 4 rings (SSSR count). The lowest BCUT2D eigenvalue weighted by Gasteiger charge is -2.41. The lowest BCUT2D eigenvalue weighted by molar-refractivity contribution is -0.0855. The van der Waals surface area contributed by atoms with Crippen LogP contribution in [0.5, 0.6) is 5.75 Å². The number of carbonyl (C=O) groups is 1. The fraction of sp³-hybridized carbons (Fsp3) is 0.696. The van der Waals surface area contributed by atoms with E-state index in [4.69, 9.17) is 14.2 Å². The Balaban J connectivity index is 1.23. The highest BCUT2D eigenvalue weighted by Crippen LogP contribution is 2.24. The van der Waals surface area contributed by atoms with Gasteiger partial charge in [0.2, 0.25) is 0 Å². The van der Waals surface area contributed by atoms with Crippen LogP contribution in [0.1, 0.15) is 36.0 Å². The van der Waals surface area contributed by atoms with Gasteiger partial charge in [0, 0.05) is 31.2 Å². The first kappa shape index (κ1) is 21.6. The number of benzene rings is 1. The maximum absolute atomic E-state index is 12.5. The number of hydrogen-bond donors (Lipinski definition) is 1. The first-order chi connectivity index (χ1) is 14.7. The predicted molar refractivity (Wildman–Crippen MR) is 115 cm³/mol. The van der Waals surface area contributed by atoms with Crippen LogP contribution in [0.4, 0.5) is 0 Å². The second-order valence-electron chi connectivity index (χ2n) is 8.69. The minimum absolute atomic E-state index is 0.0723. The molecule has 3 saturated heterocycles. The van der Waals surface area contributed by atoms with Crippen molar-refractivity contribution in [3.8, 4) is 5.75 Å². The number of piperidine rings is 2. The lowest BCUT2D eigenvalue weighted by Crippen LogP contribution is -2.48. The maximum Gasteiger partial charge on any atom is 0.251 e. The van der Waals surface area contributed by atoms with Gasteiger partial charge in [-0.25, -0.2) is 0 Å². The van der Waals surface area contributed by atoms with Crippen molar-refractivity contribution >= 4 is 5.91 Å². The van der Waals surface area contributed by atoms with Crippen LogP contribution in [0, 0.1) is 0 Å². The summed E-state index contributed by atoms with van der Waals surface area (Å²) in [6.45, 7) is 6.80. The normalized spacial score (nSPS) is 25.2. The predicted octanol–water partition coefficient (Wildman–Crippen LogP) is 1.77. The number of nitrogens with one attached hydrogen (secondary N) is 1. The van der Waals surface area contributed by atoms with Crippen molar-refractivity contribution in [1.82, 2.24) is 15.1 Å². The van der Waals surface area contributed by atoms with Crippen molar-refractivity contribution in [2.75, 3.05) is 59.6 Å². The average molecular weight is 418 g/mol. The molecule has 166 valence electrons. The summed E-state index contributed by atoms with van der Waals surface area (Å²) in [6, 6.07) is 8.23. The van der Waals surface area contributed by atoms with Crippen molar-refractivity contribution in [3.05, 3.63) is 29.8 Å². The number of rotatable bonds is 6. The molecular formula is C23H35N3O4. The first-order valence-electron chi connectivity index (χ1n) is 11.3. The van der Waals surface area contributed by atoms with E-state index in [-0.39, 0.29) is 18.1 Å². The zero-order valence-corrected chi connectivity index (χ0v) is 18.1. The van der Waals surface area contributed by atoms with Gasteiger partial charge in [0.1, 0.15) is 11.9 Å². The number of carbonyl (C=O) groups excluding carboxylic acids is 1. The second kappa shape index (κ2) is 10.6. The van der Waals surface area contributed by atoms with Gasteiger partial charge in [-0.3, -0.25) is 4.79 Å². The van der Waals surface area contributed by atoms with Gasteiger partial charge in [-0.1, -0.05) is 6.07 Å². The molecule has 0 bridgehead atoms. The Hall–Kier alpha value is -1.67. The molecule has 1 amide bonds. The molecule has 30 heavy (non-hydrogen) atoms. The highest BCUT2D eigenvalue weighted by molar-refractivity contribution is 5.94. The van der Waals surface area contributed by atoms with Crippen LogP contribution < -0.4 is 10.1 Å². The smallest absolute Gasteiger partial charge is 0.251 e. The van der Waals surface area contributed by atoms with E-state index >= 15 is 0 Å². The summed E-state index contributed by atoms with van der Waals surface area (Å²) in [5, 5.41) is 2.94. The van der Waals surface area contributed by atoms with E-state index in [2.05, 4.69) is 22.2 Å². The molecule has 7 heteroatoms. The molecule has 3 heterocycles. The van der Waals surface area contributed by atoms with Crippen LogP contribution >= 0.6 is 0 Å². The minimum atomic E-state index is -0.105. The summed E-state index contributed by atoms with van der Waals surface area (Å²) < 4.78 is 17.2. The fourth-order valence-electron chi connectivity index (χ4n) is 4.59. The molecule has 1 aromatic carbocycles. The van der Waals surface area contributed by atoms with Gasteiger partial charge in [-0.2, -0.15) is 0 Å². The molecule has 1 aromatic rings. The third kappa shape index (κ3) is 5.94. The molecule has 0 aromatic heterocycles. The first-order valence-corrected chi connectivity index (χ1v) is 11.3. The van der Waals surface area contributed by atoms with E-state index in [9.17, 15) is 4.79 Å². The Labute approximate surface area is 179 Å². The van der Waals surface area contributed by atoms with E-state index in [0.29, 0.717) is 31.9 Å². The van der Waals surface area contributed by atoms with E-state index in [1.54, 1.807) is 0 Å². The van der Waals surface area contributed by atoms with Gasteiger partial charge < -0.3 is 29.3 Å². The van der Waals surface area contributed by atoms with E-state index in [1.807, 2.05) is 24.3 Å². The molecule has 0 saturated carbocycles. The molecule has 0 aliphatic carbocycles. The van der Waals surface area contributed by atoms with Crippen LogP contribution in [-0.2, 0) is 9.47 Å². The Bertz CT molecular complexity index is 679. The third-order valence-corrected chi connectivity index (χ3v) is 6.46. The molecule has 1 unspecified atom stereocenters. The quantitative estimate of drug-likeness (QED) is 0.761. The summed E-state index contributed by atoms with van der Waals surface area (Å²) in [7, 11) is 2.21. The average Bonchev–Trinajstić information content (AvgIpc) is 2.79. The van der Waals surface area contributed by atoms with Crippen molar-refractivity contribution in [2.24, 2.45) is 0 Å². The summed E-state index contributed by atoms with van der Waals surface area (Å²) >= 11 is 0. The van der Waals surface area contributed by atoms with Gasteiger partial charge in [-0.15, -0.1) is 0 Å². The zero-order valence-electron chi connectivity index (χ0n) is 18.1. The molecule has 0 spiro atoms. The standard InChI is InChI=1S/C23H35N3O4/c1-25-9-5-19(6-10-25)26-11-7-20(8-12-26)30-21-4-2-3-18(15-21)23(27)24-16-22-17-28-13-14-29-22/h2-4,15,19-20,22H,5-14,16-17H2,1H3,(H,24,27). The number of likely N-dealkylation sites (tertiary alicyclic amines) is 2. The molecular weight excluding hydrogens is 382 g/mol. The van der Waals surface area contributed by atoms with E-state index < -0.39 is 0 Å². The van der Waals surface area contributed by atoms with Gasteiger partial charge in [-0.05, 0) is 64.0 Å². The van der Waals surface area contributed by atoms with Crippen molar-refractivity contribution < 1.29 is 19.0 Å². The Kier molecular flexibility index (Phi) is 7.60. The molecule has 3 aliphatic heterocycles. The molecule has 7 nitrogen and oxygen atoms in total. The monoisotopic (exact) mass is 417 g/mol. The summed E-state index contributed by atoms with van der Waals surface area (Å²) in [4.78, 5) is 17.6. The Morgan fingerprint density at radius 2 is 1.93 bits per heavy atom. The van der Waals surface area contributed by atoms with Crippen LogP contribution in [0.15, 0.2) is 24.3 Å². The van der Waals surface area contributed by atoms with Crippen molar-refractivity contribution in [2.45, 2.75) is 43.9 Å². The lowest BCUT2D eigenvalue weighted by atomic mass is 9.99. The molecule has 3 fully saturated rings. The van der Waals surface area contributed by atoms with Gasteiger partial charge in [0.15, 0.2) is 0 Å². The van der Waals surface area contributed by atoms with Gasteiger partial charge >= 0.3 is 0 Å². The van der Waals surface area contributed by atoms with Crippen LogP contribution in [-0.4, -0.2) is 93.5 Å². The van der Waals surface area contributed by atoms with Crippen LogP contribution in [0.3, 0.4) is 0 Å². The molecule has 1 atom stereocenters. The van der Waals surface area contributed by atoms with Crippen LogP contribution in [0.25, 0.3) is 0 Å². The molecule has 1 N–H and O–H groups in total. The maximum atomic E-state index is 12.5. The largest absolute Gasteiger partial charge is 0.490 e. The van der Waals surface area contributed by atoms with Crippen molar-refractivity contribution in [1.29, 1.82) is 0 Å². The highest BCUT2D eigenvalue weighted by Gasteiger charge is 2.28. The molecule has 3 aliphatic rings. The topological polar surface area (TPSA) is 63.3 Å². The summed E-state index contributed by atoms with van der Waals surface area (Å²) in [5.41, 5.74) is 0.619. The summed E-state index contributed by atoms with van der Waals surface area (Å²) in [6.07, 6.45) is 4.79. The SMILES string of the molecule is CN1CCC(N2CCC(Oc3cccc(C(=O)NCC4COCCO4)c3)CC2)CC1. The molecule has 0 radical (unpaired) electrons. The van der Waals surface area contributed by atoms with Gasteiger partial charge in [0.25, 0.3) is 5.91 Å². The number of amides is 1. The highest BCUT2D eigenvalue weighted by atomic mass is 16.6. The second-order valence-corrected chi connectivity index (χ2v) is 8.69. The van der Waals surface area contributed by atoms with E-state index in [0.717, 1.165) is 37.7 Å². The fourth-order valence-corrected chi connectivity index (χ4v) is 4.59.